The van der Waals surface area contributed by atoms with Gasteiger partial charge in [-0.2, -0.15) is 5.10 Å². The van der Waals surface area contributed by atoms with Crippen LogP contribution in [0.25, 0.3) is 0 Å². The van der Waals surface area contributed by atoms with E-state index in [1.165, 1.54) is 69.5 Å². The normalized spacial score (nSPS) is 19.7. The number of carbonyl (C=O) groups is 1. The molecule has 28 heavy (non-hydrogen) atoms. The van der Waals surface area contributed by atoms with Crippen molar-refractivity contribution in [3.05, 3.63) is 11.9 Å². The van der Waals surface area contributed by atoms with Crippen molar-refractivity contribution in [3.8, 4) is 0 Å². The van der Waals surface area contributed by atoms with Crippen molar-refractivity contribution in [1.29, 1.82) is 0 Å². The molecule has 1 aromatic heterocycles. The van der Waals surface area contributed by atoms with E-state index in [0.29, 0.717) is 0 Å². The molecule has 3 rings (SSSR count). The molecule has 0 atom stereocenters. The van der Waals surface area contributed by atoms with Gasteiger partial charge in [0.25, 0.3) is 5.91 Å². The maximum absolute atomic E-state index is 13.7. The summed E-state index contributed by atoms with van der Waals surface area (Å²) in [4.78, 5) is 15.7. The van der Waals surface area contributed by atoms with E-state index in [2.05, 4.69) is 39.0 Å². The van der Waals surface area contributed by atoms with Crippen LogP contribution in [-0.4, -0.2) is 44.0 Å². The van der Waals surface area contributed by atoms with Crippen molar-refractivity contribution in [2.24, 2.45) is 7.05 Å². The molecular formula is C23H40N3OP. The number of carbonyl (C=O) groups excluding carboxylic acids is 1. The lowest BCUT2D eigenvalue weighted by atomic mass is 9.99. The Hall–Kier alpha value is -0.890. The molecule has 0 radical (unpaired) electrons. The number of aryl methyl sites for hydroxylation is 1. The zero-order valence-corrected chi connectivity index (χ0v) is 19.5. The minimum absolute atomic E-state index is 0.180. The Balaban J connectivity index is 1.99. The molecule has 0 saturated heterocycles. The molecule has 1 amide bonds. The van der Waals surface area contributed by atoms with Gasteiger partial charge in [-0.05, 0) is 64.7 Å². The Bertz CT molecular complexity index is 616. The summed E-state index contributed by atoms with van der Waals surface area (Å²) in [6.07, 6.45) is 15.7. The highest BCUT2D eigenvalue weighted by Gasteiger charge is 2.37. The van der Waals surface area contributed by atoms with E-state index in [1.807, 2.05) is 16.6 Å². The summed E-state index contributed by atoms with van der Waals surface area (Å²) in [5, 5.41) is 5.95. The number of nitrogens with zero attached hydrogens (tertiary/aromatic N) is 3. The molecule has 2 saturated carbocycles. The largest absolute Gasteiger partial charge is 0.332 e. The molecule has 1 heterocycles. The summed E-state index contributed by atoms with van der Waals surface area (Å²) >= 11 is 0. The van der Waals surface area contributed by atoms with Gasteiger partial charge in [0.05, 0.1) is 6.20 Å². The fraction of sp³-hybridized carbons (Fsp3) is 0.826. The zero-order valence-electron chi connectivity index (χ0n) is 18.7. The fourth-order valence-electron chi connectivity index (χ4n) is 5.46. The van der Waals surface area contributed by atoms with Crippen LogP contribution in [-0.2, 0) is 7.05 Å². The lowest BCUT2D eigenvalue weighted by Gasteiger charge is -2.39. The molecule has 0 N–H and O–H groups in total. The molecule has 0 bridgehead atoms. The zero-order chi connectivity index (χ0) is 20.3. The predicted molar refractivity (Wildman–Crippen MR) is 120 cm³/mol. The minimum Gasteiger partial charge on any atom is -0.332 e. The summed E-state index contributed by atoms with van der Waals surface area (Å²) in [7, 11) is 1.64. The van der Waals surface area contributed by atoms with Crippen LogP contribution in [0, 0.1) is 0 Å². The van der Waals surface area contributed by atoms with Crippen molar-refractivity contribution in [3.63, 3.8) is 0 Å². The second-order valence-corrected chi connectivity index (χ2v) is 12.1. The average Bonchev–Trinajstić information content (AvgIpc) is 3.04. The van der Waals surface area contributed by atoms with Gasteiger partial charge in [-0.1, -0.05) is 46.4 Å². The van der Waals surface area contributed by atoms with Crippen LogP contribution in [0.3, 0.4) is 0 Å². The van der Waals surface area contributed by atoms with Gasteiger partial charge < -0.3 is 4.90 Å². The topological polar surface area (TPSA) is 38.1 Å². The lowest BCUT2D eigenvalue weighted by Crippen LogP contribution is -2.44. The first kappa shape index (κ1) is 21.8. The predicted octanol–water partition coefficient (Wildman–Crippen LogP) is 5.45. The van der Waals surface area contributed by atoms with E-state index in [4.69, 9.17) is 0 Å². The van der Waals surface area contributed by atoms with Crippen LogP contribution in [0.2, 0.25) is 0 Å². The third-order valence-electron chi connectivity index (χ3n) is 6.68. The third kappa shape index (κ3) is 4.64. The second kappa shape index (κ2) is 9.74. The van der Waals surface area contributed by atoms with E-state index >= 15 is 0 Å². The Labute approximate surface area is 173 Å². The molecule has 0 spiro atoms. The molecule has 1 aromatic rings. The van der Waals surface area contributed by atoms with Gasteiger partial charge in [0.15, 0.2) is 0 Å². The van der Waals surface area contributed by atoms with Crippen molar-refractivity contribution in [2.45, 2.75) is 115 Å². The van der Waals surface area contributed by atoms with Gasteiger partial charge in [0, 0.05) is 24.4 Å². The Morgan fingerprint density at radius 3 is 1.86 bits per heavy atom. The van der Waals surface area contributed by atoms with Gasteiger partial charge in [-0.25, -0.2) is 0 Å². The number of amides is 1. The van der Waals surface area contributed by atoms with Crippen LogP contribution in [0.4, 0.5) is 0 Å². The monoisotopic (exact) mass is 405 g/mol. The first-order chi connectivity index (χ1) is 13.4. The minimum atomic E-state index is -0.319. The standard InChI is InChI=1S/C23H40N3OP/c1-17(2)26(18(3)4)23(27)22-21(16-24-25(22)5)28(19-12-8-6-9-13-19)20-14-10-7-11-15-20/h16-20H,6-15H2,1-5H3. The SMILES string of the molecule is CC(C)N(C(=O)c1c(P(C2CCCCC2)C2CCCCC2)cnn1C)C(C)C. The maximum atomic E-state index is 13.7. The number of rotatable bonds is 6. The highest BCUT2D eigenvalue weighted by Crippen LogP contribution is 2.55. The van der Waals surface area contributed by atoms with Gasteiger partial charge in [-0.15, -0.1) is 0 Å². The Kier molecular flexibility index (Phi) is 7.59. The first-order valence-corrected chi connectivity index (χ1v) is 13.0. The summed E-state index contributed by atoms with van der Waals surface area (Å²) in [5.41, 5.74) is 2.45. The van der Waals surface area contributed by atoms with E-state index in [0.717, 1.165) is 17.0 Å². The van der Waals surface area contributed by atoms with Crippen LogP contribution in [0.15, 0.2) is 6.20 Å². The lowest BCUT2D eigenvalue weighted by molar-refractivity contribution is 0.0633. The van der Waals surface area contributed by atoms with Gasteiger partial charge >= 0.3 is 0 Å². The second-order valence-electron chi connectivity index (χ2n) is 9.39. The van der Waals surface area contributed by atoms with Gasteiger partial charge in [0.1, 0.15) is 5.69 Å². The van der Waals surface area contributed by atoms with Crippen LogP contribution < -0.4 is 5.30 Å². The highest BCUT2D eigenvalue weighted by molar-refractivity contribution is 7.67. The summed E-state index contributed by atoms with van der Waals surface area (Å²) in [6.45, 7) is 8.50. The Morgan fingerprint density at radius 1 is 0.964 bits per heavy atom. The third-order valence-corrected chi connectivity index (χ3v) is 10.2. The molecule has 5 heteroatoms. The van der Waals surface area contributed by atoms with Crippen molar-refractivity contribution < 1.29 is 4.79 Å². The van der Waals surface area contributed by atoms with Crippen molar-refractivity contribution >= 4 is 19.1 Å². The van der Waals surface area contributed by atoms with Gasteiger partial charge in [0.2, 0.25) is 0 Å². The maximum Gasteiger partial charge on any atom is 0.273 e. The van der Waals surface area contributed by atoms with E-state index in [1.54, 1.807) is 0 Å². The molecule has 4 nitrogen and oxygen atoms in total. The molecule has 0 aromatic carbocycles. The molecule has 2 aliphatic carbocycles. The van der Waals surface area contributed by atoms with Gasteiger partial charge in [-0.3, -0.25) is 9.48 Å². The molecular weight excluding hydrogens is 365 g/mol. The molecule has 2 fully saturated rings. The van der Waals surface area contributed by atoms with E-state index in [-0.39, 0.29) is 25.9 Å². The number of aromatic nitrogens is 2. The first-order valence-electron chi connectivity index (χ1n) is 11.5. The Morgan fingerprint density at radius 2 is 1.43 bits per heavy atom. The summed E-state index contributed by atoms with van der Waals surface area (Å²) in [5.74, 6) is 0.180. The van der Waals surface area contributed by atoms with Crippen LogP contribution in [0.1, 0.15) is 102 Å². The van der Waals surface area contributed by atoms with E-state index < -0.39 is 0 Å². The molecule has 158 valence electrons. The molecule has 0 aliphatic heterocycles. The quantitative estimate of drug-likeness (QED) is 0.590. The molecule has 0 unspecified atom stereocenters. The van der Waals surface area contributed by atoms with Crippen LogP contribution >= 0.6 is 7.92 Å². The highest BCUT2D eigenvalue weighted by atomic mass is 31.1. The average molecular weight is 406 g/mol. The van der Waals surface area contributed by atoms with Crippen molar-refractivity contribution in [2.75, 3.05) is 0 Å². The smallest absolute Gasteiger partial charge is 0.273 e. The fourth-order valence-corrected chi connectivity index (χ4v) is 9.36. The van der Waals surface area contributed by atoms with Crippen LogP contribution in [0.5, 0.6) is 0 Å². The number of hydrogen-bond acceptors (Lipinski definition) is 2. The van der Waals surface area contributed by atoms with Crippen molar-refractivity contribution in [1.82, 2.24) is 14.7 Å². The van der Waals surface area contributed by atoms with E-state index in [9.17, 15) is 4.79 Å². The molecule has 2 aliphatic rings. The summed E-state index contributed by atoms with van der Waals surface area (Å²) < 4.78 is 1.87. The number of hydrogen-bond donors (Lipinski definition) is 0. The summed E-state index contributed by atoms with van der Waals surface area (Å²) in [6, 6.07) is 0.400.